The van der Waals surface area contributed by atoms with Crippen molar-refractivity contribution in [3.05, 3.63) is 35.6 Å². The highest BCUT2D eigenvalue weighted by Crippen LogP contribution is 2.29. The SMILES string of the molecule is CCN(CC)C(=O)N1CCC(c2ccccc2F)CC1. The number of amides is 2. The normalized spacial score (nSPS) is 16.2. The van der Waals surface area contributed by atoms with Crippen molar-refractivity contribution in [1.29, 1.82) is 0 Å². The third kappa shape index (κ3) is 3.11. The number of hydrogen-bond donors (Lipinski definition) is 0. The molecule has 1 aromatic rings. The van der Waals surface area contributed by atoms with Crippen LogP contribution in [0.2, 0.25) is 0 Å². The average Bonchev–Trinajstić information content (AvgIpc) is 2.49. The lowest BCUT2D eigenvalue weighted by atomic mass is 9.89. The summed E-state index contributed by atoms with van der Waals surface area (Å²) >= 11 is 0. The minimum atomic E-state index is -0.124. The topological polar surface area (TPSA) is 23.6 Å². The van der Waals surface area contributed by atoms with Crippen LogP contribution in [-0.2, 0) is 0 Å². The number of urea groups is 1. The number of halogens is 1. The van der Waals surface area contributed by atoms with Crippen molar-refractivity contribution in [3.63, 3.8) is 0 Å². The molecule has 1 fully saturated rings. The van der Waals surface area contributed by atoms with Gasteiger partial charge in [-0.05, 0) is 44.2 Å². The van der Waals surface area contributed by atoms with Crippen molar-refractivity contribution in [2.45, 2.75) is 32.6 Å². The number of nitrogens with zero attached hydrogens (tertiary/aromatic N) is 2. The Balaban J connectivity index is 1.96. The van der Waals surface area contributed by atoms with Crippen LogP contribution in [0.4, 0.5) is 9.18 Å². The maximum atomic E-state index is 13.8. The summed E-state index contributed by atoms with van der Waals surface area (Å²) in [5.41, 5.74) is 0.794. The van der Waals surface area contributed by atoms with Gasteiger partial charge in [0.15, 0.2) is 0 Å². The van der Waals surface area contributed by atoms with Crippen LogP contribution in [0.5, 0.6) is 0 Å². The summed E-state index contributed by atoms with van der Waals surface area (Å²) in [5, 5.41) is 0. The molecular weight excluding hydrogens is 255 g/mol. The van der Waals surface area contributed by atoms with Crippen molar-refractivity contribution in [2.75, 3.05) is 26.2 Å². The quantitative estimate of drug-likeness (QED) is 0.830. The van der Waals surface area contributed by atoms with Gasteiger partial charge in [0.25, 0.3) is 0 Å². The Morgan fingerprint density at radius 3 is 2.40 bits per heavy atom. The second-order valence-corrected chi connectivity index (χ2v) is 5.24. The van der Waals surface area contributed by atoms with E-state index in [2.05, 4.69) is 0 Å². The molecule has 0 spiro atoms. The summed E-state index contributed by atoms with van der Waals surface area (Å²) in [5.74, 6) is 0.109. The van der Waals surface area contributed by atoms with Crippen molar-refractivity contribution in [2.24, 2.45) is 0 Å². The highest BCUT2D eigenvalue weighted by atomic mass is 19.1. The largest absolute Gasteiger partial charge is 0.325 e. The number of likely N-dealkylation sites (tertiary alicyclic amines) is 1. The fourth-order valence-corrected chi connectivity index (χ4v) is 2.88. The lowest BCUT2D eigenvalue weighted by Crippen LogP contribution is -2.46. The zero-order valence-electron chi connectivity index (χ0n) is 12.3. The maximum absolute atomic E-state index is 13.8. The molecule has 20 heavy (non-hydrogen) atoms. The first-order valence-electron chi connectivity index (χ1n) is 7.45. The zero-order valence-corrected chi connectivity index (χ0v) is 12.3. The van der Waals surface area contributed by atoms with Crippen molar-refractivity contribution < 1.29 is 9.18 Å². The van der Waals surface area contributed by atoms with Gasteiger partial charge in [0.2, 0.25) is 0 Å². The molecule has 3 nitrogen and oxygen atoms in total. The third-order valence-corrected chi connectivity index (χ3v) is 4.14. The van der Waals surface area contributed by atoms with Crippen LogP contribution in [-0.4, -0.2) is 42.0 Å². The molecule has 1 aliphatic rings. The average molecular weight is 278 g/mol. The Labute approximate surface area is 120 Å². The number of hydrogen-bond acceptors (Lipinski definition) is 1. The maximum Gasteiger partial charge on any atom is 0.319 e. The molecule has 2 amide bonds. The number of rotatable bonds is 3. The first-order chi connectivity index (χ1) is 9.67. The minimum Gasteiger partial charge on any atom is -0.325 e. The molecule has 1 aliphatic heterocycles. The lowest BCUT2D eigenvalue weighted by Gasteiger charge is -2.35. The molecule has 110 valence electrons. The van der Waals surface area contributed by atoms with Gasteiger partial charge in [-0.15, -0.1) is 0 Å². The Morgan fingerprint density at radius 1 is 1.25 bits per heavy atom. The Morgan fingerprint density at radius 2 is 1.85 bits per heavy atom. The highest BCUT2D eigenvalue weighted by Gasteiger charge is 2.26. The van der Waals surface area contributed by atoms with Crippen molar-refractivity contribution in [3.8, 4) is 0 Å². The summed E-state index contributed by atoms with van der Waals surface area (Å²) in [6.45, 7) is 6.90. The molecule has 0 unspecified atom stereocenters. The standard InChI is InChI=1S/C16H23FN2O/c1-3-18(4-2)16(20)19-11-9-13(10-12-19)14-7-5-6-8-15(14)17/h5-8,13H,3-4,9-12H2,1-2H3. The van der Waals surface area contributed by atoms with Crippen molar-refractivity contribution >= 4 is 6.03 Å². The van der Waals surface area contributed by atoms with Crippen molar-refractivity contribution in [1.82, 2.24) is 9.80 Å². The smallest absolute Gasteiger partial charge is 0.319 e. The summed E-state index contributed by atoms with van der Waals surface area (Å²) in [7, 11) is 0. The van der Waals surface area contributed by atoms with Gasteiger partial charge in [0.05, 0.1) is 0 Å². The van der Waals surface area contributed by atoms with Crippen LogP contribution in [0.3, 0.4) is 0 Å². The molecule has 2 rings (SSSR count). The van der Waals surface area contributed by atoms with Crippen LogP contribution >= 0.6 is 0 Å². The van der Waals surface area contributed by atoms with E-state index in [1.807, 2.05) is 35.8 Å². The number of benzene rings is 1. The van der Waals surface area contributed by atoms with Gasteiger partial charge < -0.3 is 9.80 Å². The molecule has 0 saturated carbocycles. The molecule has 1 aromatic carbocycles. The van der Waals surface area contributed by atoms with Gasteiger partial charge >= 0.3 is 6.03 Å². The second kappa shape index (κ2) is 6.73. The van der Waals surface area contributed by atoms with E-state index in [0.717, 1.165) is 31.5 Å². The van der Waals surface area contributed by atoms with E-state index in [1.165, 1.54) is 6.07 Å². The number of carbonyl (C=O) groups excluding carboxylic acids is 1. The molecule has 0 atom stereocenters. The summed E-state index contributed by atoms with van der Waals surface area (Å²) < 4.78 is 13.8. The molecular formula is C16H23FN2O. The number of carbonyl (C=O) groups is 1. The van der Waals surface area contributed by atoms with E-state index in [4.69, 9.17) is 0 Å². The van der Waals surface area contributed by atoms with Crippen LogP contribution < -0.4 is 0 Å². The molecule has 1 saturated heterocycles. The summed E-state index contributed by atoms with van der Waals surface area (Å²) in [4.78, 5) is 16.0. The predicted molar refractivity (Wildman–Crippen MR) is 78.3 cm³/mol. The van der Waals surface area contributed by atoms with Gasteiger partial charge in [-0.3, -0.25) is 0 Å². The molecule has 0 aromatic heterocycles. The Hall–Kier alpha value is -1.58. The predicted octanol–water partition coefficient (Wildman–Crippen LogP) is 3.47. The first kappa shape index (κ1) is 14.8. The summed E-state index contributed by atoms with van der Waals surface area (Å²) in [6, 6.07) is 7.09. The van der Waals surface area contributed by atoms with Crippen LogP contribution in [0.15, 0.2) is 24.3 Å². The molecule has 4 heteroatoms. The van der Waals surface area contributed by atoms with E-state index < -0.39 is 0 Å². The molecule has 1 heterocycles. The third-order valence-electron chi connectivity index (χ3n) is 4.14. The highest BCUT2D eigenvalue weighted by molar-refractivity contribution is 5.74. The molecule has 0 bridgehead atoms. The van der Waals surface area contributed by atoms with Gasteiger partial charge in [-0.2, -0.15) is 0 Å². The summed E-state index contributed by atoms with van der Waals surface area (Å²) in [6.07, 6.45) is 1.68. The Bertz CT molecular complexity index is 452. The van der Waals surface area contributed by atoms with E-state index in [0.29, 0.717) is 13.1 Å². The van der Waals surface area contributed by atoms with E-state index >= 15 is 0 Å². The monoisotopic (exact) mass is 278 g/mol. The zero-order chi connectivity index (χ0) is 14.5. The molecule has 0 N–H and O–H groups in total. The van der Waals surface area contributed by atoms with Crippen LogP contribution in [0, 0.1) is 5.82 Å². The Kier molecular flexibility index (Phi) is 4.99. The second-order valence-electron chi connectivity index (χ2n) is 5.24. The van der Waals surface area contributed by atoms with Gasteiger partial charge in [0, 0.05) is 26.2 Å². The van der Waals surface area contributed by atoms with E-state index in [9.17, 15) is 9.18 Å². The van der Waals surface area contributed by atoms with E-state index in [-0.39, 0.29) is 17.8 Å². The minimum absolute atomic E-state index is 0.113. The van der Waals surface area contributed by atoms with Gasteiger partial charge in [-0.25, -0.2) is 9.18 Å². The number of piperidine rings is 1. The first-order valence-corrected chi connectivity index (χ1v) is 7.45. The van der Waals surface area contributed by atoms with Gasteiger partial charge in [0.1, 0.15) is 5.82 Å². The fraction of sp³-hybridized carbons (Fsp3) is 0.562. The van der Waals surface area contributed by atoms with Crippen LogP contribution in [0.1, 0.15) is 38.2 Å². The van der Waals surface area contributed by atoms with E-state index in [1.54, 1.807) is 6.07 Å². The van der Waals surface area contributed by atoms with Crippen LogP contribution in [0.25, 0.3) is 0 Å². The van der Waals surface area contributed by atoms with Gasteiger partial charge in [-0.1, -0.05) is 18.2 Å². The molecule has 0 aliphatic carbocycles. The fourth-order valence-electron chi connectivity index (χ4n) is 2.88. The lowest BCUT2D eigenvalue weighted by molar-refractivity contribution is 0.143. The molecule has 0 radical (unpaired) electrons.